The van der Waals surface area contributed by atoms with Gasteiger partial charge in [-0.05, 0) is 68.0 Å². The predicted octanol–water partition coefficient (Wildman–Crippen LogP) is 4.86. The van der Waals surface area contributed by atoms with Gasteiger partial charge in [0.2, 0.25) is 5.88 Å². The van der Waals surface area contributed by atoms with Gasteiger partial charge in [-0.25, -0.2) is 4.98 Å². The van der Waals surface area contributed by atoms with E-state index in [1.807, 2.05) is 12.3 Å². The van der Waals surface area contributed by atoms with Gasteiger partial charge in [-0.15, -0.1) is 0 Å². The zero-order valence-corrected chi connectivity index (χ0v) is 15.8. The van der Waals surface area contributed by atoms with Gasteiger partial charge < -0.3 is 15.5 Å². The summed E-state index contributed by atoms with van der Waals surface area (Å²) in [7, 11) is 1.64. The highest BCUT2D eigenvalue weighted by molar-refractivity contribution is 5.91. The van der Waals surface area contributed by atoms with Crippen molar-refractivity contribution in [1.29, 1.82) is 0 Å². The first-order valence-electron chi connectivity index (χ1n) is 9.60. The van der Waals surface area contributed by atoms with Crippen molar-refractivity contribution < 1.29 is 4.74 Å². The van der Waals surface area contributed by atoms with Crippen LogP contribution in [0.2, 0.25) is 0 Å². The number of ether oxygens (including phenoxy) is 1. The Morgan fingerprint density at radius 3 is 2.65 bits per heavy atom. The first-order valence-corrected chi connectivity index (χ1v) is 9.60. The molecule has 4 nitrogen and oxygen atoms in total. The molecular formula is C22H29N3O. The van der Waals surface area contributed by atoms with Crippen LogP contribution in [-0.4, -0.2) is 23.6 Å². The summed E-state index contributed by atoms with van der Waals surface area (Å²) in [6.45, 7) is 2.98. The van der Waals surface area contributed by atoms with Crippen LogP contribution in [0.3, 0.4) is 0 Å². The molecule has 0 amide bonds. The largest absolute Gasteiger partial charge is 0.481 e. The van der Waals surface area contributed by atoms with Crippen LogP contribution in [-0.2, 0) is 12.8 Å². The quantitative estimate of drug-likeness (QED) is 0.541. The van der Waals surface area contributed by atoms with Gasteiger partial charge in [-0.2, -0.15) is 0 Å². The highest BCUT2D eigenvalue weighted by Crippen LogP contribution is 2.32. The van der Waals surface area contributed by atoms with Crippen molar-refractivity contribution in [2.24, 2.45) is 5.73 Å². The summed E-state index contributed by atoms with van der Waals surface area (Å²) in [5, 5.41) is 1.33. The second kappa shape index (κ2) is 8.86. The van der Waals surface area contributed by atoms with Gasteiger partial charge in [0.15, 0.2) is 0 Å². The second-order valence-electron chi connectivity index (χ2n) is 6.80. The number of hydrogen-bond acceptors (Lipinski definition) is 3. The number of unbranched alkanes of at least 4 members (excludes halogenated alkanes) is 2. The second-order valence-corrected chi connectivity index (χ2v) is 6.80. The van der Waals surface area contributed by atoms with Crippen molar-refractivity contribution in [2.75, 3.05) is 13.7 Å². The molecule has 4 heteroatoms. The molecule has 3 rings (SSSR count). The number of nitrogens with one attached hydrogen (secondary N) is 1. The van der Waals surface area contributed by atoms with Crippen LogP contribution in [0, 0.1) is 0 Å². The lowest BCUT2D eigenvalue weighted by molar-refractivity contribution is 0.398. The number of benzene rings is 1. The van der Waals surface area contributed by atoms with E-state index >= 15 is 0 Å². The fourth-order valence-corrected chi connectivity index (χ4v) is 3.43. The number of rotatable bonds is 9. The molecule has 138 valence electrons. The van der Waals surface area contributed by atoms with E-state index in [0.29, 0.717) is 5.88 Å². The maximum Gasteiger partial charge on any atom is 0.212 e. The van der Waals surface area contributed by atoms with Gasteiger partial charge in [-0.3, -0.25) is 0 Å². The lowest BCUT2D eigenvalue weighted by Gasteiger charge is -2.06. The first-order chi connectivity index (χ1) is 12.8. The normalized spacial score (nSPS) is 11.2. The Bertz CT molecular complexity index is 836. The molecule has 0 radical (unpaired) electrons. The third-order valence-corrected chi connectivity index (χ3v) is 4.90. The van der Waals surface area contributed by atoms with Crippen molar-refractivity contribution in [3.05, 3.63) is 47.7 Å². The number of aromatic amines is 1. The summed E-state index contributed by atoms with van der Waals surface area (Å²) in [6, 6.07) is 10.8. The van der Waals surface area contributed by atoms with E-state index in [2.05, 4.69) is 41.2 Å². The molecule has 0 aliphatic rings. The minimum absolute atomic E-state index is 0.636. The molecule has 0 saturated carbocycles. The van der Waals surface area contributed by atoms with Crippen LogP contribution in [0.5, 0.6) is 5.88 Å². The number of hydrogen-bond donors (Lipinski definition) is 2. The number of pyridine rings is 1. The minimum Gasteiger partial charge on any atom is -0.481 e. The van der Waals surface area contributed by atoms with Crippen molar-refractivity contribution in [2.45, 2.75) is 45.4 Å². The molecule has 0 atom stereocenters. The maximum atomic E-state index is 5.71. The number of nitrogens with two attached hydrogens (primary N) is 1. The third kappa shape index (κ3) is 4.07. The average molecular weight is 351 g/mol. The Labute approximate surface area is 155 Å². The summed E-state index contributed by atoms with van der Waals surface area (Å²) in [5.41, 5.74) is 12.0. The van der Waals surface area contributed by atoms with E-state index in [9.17, 15) is 0 Å². The molecule has 0 saturated heterocycles. The molecule has 0 aliphatic carbocycles. The number of aryl methyl sites for hydroxylation is 2. The molecule has 0 bridgehead atoms. The average Bonchev–Trinajstić information content (AvgIpc) is 3.04. The number of aromatic nitrogens is 2. The summed E-state index contributed by atoms with van der Waals surface area (Å²) in [6.07, 6.45) is 8.63. The number of nitrogens with zero attached hydrogens (tertiary/aromatic N) is 1. The number of fused-ring (bicyclic) bond motifs is 1. The number of methoxy groups -OCH3 is 1. The lowest BCUT2D eigenvalue weighted by atomic mass is 9.99. The maximum absolute atomic E-state index is 5.71. The molecule has 2 aromatic heterocycles. The lowest BCUT2D eigenvalue weighted by Crippen LogP contribution is -1.99. The van der Waals surface area contributed by atoms with Crippen molar-refractivity contribution in [3.8, 4) is 17.1 Å². The molecule has 1 aromatic carbocycles. The monoisotopic (exact) mass is 351 g/mol. The van der Waals surface area contributed by atoms with Gasteiger partial charge >= 0.3 is 0 Å². The van der Waals surface area contributed by atoms with Crippen LogP contribution >= 0.6 is 0 Å². The van der Waals surface area contributed by atoms with E-state index in [0.717, 1.165) is 37.8 Å². The molecule has 3 N–H and O–H groups in total. The predicted molar refractivity (Wildman–Crippen MR) is 109 cm³/mol. The van der Waals surface area contributed by atoms with Crippen LogP contribution < -0.4 is 10.5 Å². The Kier molecular flexibility index (Phi) is 6.29. The van der Waals surface area contributed by atoms with Crippen molar-refractivity contribution in [3.63, 3.8) is 0 Å². The first kappa shape index (κ1) is 18.5. The molecule has 26 heavy (non-hydrogen) atoms. The Morgan fingerprint density at radius 2 is 1.96 bits per heavy atom. The Morgan fingerprint density at radius 1 is 1.08 bits per heavy atom. The summed E-state index contributed by atoms with van der Waals surface area (Å²) < 4.78 is 5.19. The van der Waals surface area contributed by atoms with E-state index in [1.54, 1.807) is 7.11 Å². The van der Waals surface area contributed by atoms with E-state index in [-0.39, 0.29) is 0 Å². The highest BCUT2D eigenvalue weighted by atomic mass is 16.5. The minimum atomic E-state index is 0.636. The number of H-pyrrole nitrogens is 1. The molecule has 0 spiro atoms. The fraction of sp³-hybridized carbons (Fsp3) is 0.409. The third-order valence-electron chi connectivity index (χ3n) is 4.90. The zero-order chi connectivity index (χ0) is 18.4. The zero-order valence-electron chi connectivity index (χ0n) is 15.8. The molecule has 0 aliphatic heterocycles. The molecular weight excluding hydrogens is 322 g/mol. The fourth-order valence-electron chi connectivity index (χ4n) is 3.43. The highest BCUT2D eigenvalue weighted by Gasteiger charge is 2.14. The van der Waals surface area contributed by atoms with Gasteiger partial charge in [0, 0.05) is 28.7 Å². The van der Waals surface area contributed by atoms with Crippen LogP contribution in [0.15, 0.2) is 36.5 Å². The van der Waals surface area contributed by atoms with E-state index < -0.39 is 0 Å². The summed E-state index contributed by atoms with van der Waals surface area (Å²) in [4.78, 5) is 7.99. The SMILES string of the molecule is CCCCc1ccc2[nH]c(-c3ccc(OC)nc3)c(CCCCN)c2c1. The molecule has 2 heterocycles. The van der Waals surface area contributed by atoms with E-state index in [1.165, 1.54) is 40.6 Å². The van der Waals surface area contributed by atoms with Crippen LogP contribution in [0.4, 0.5) is 0 Å². The summed E-state index contributed by atoms with van der Waals surface area (Å²) >= 11 is 0. The summed E-state index contributed by atoms with van der Waals surface area (Å²) in [5.74, 6) is 0.636. The standard InChI is InChI=1S/C22H29N3O/c1-3-4-7-16-9-11-20-19(14-16)18(8-5-6-13-23)22(25-20)17-10-12-21(26-2)24-15-17/h9-12,14-15,25H,3-8,13,23H2,1-2H3. The van der Waals surface area contributed by atoms with Gasteiger partial charge in [0.1, 0.15) is 0 Å². The van der Waals surface area contributed by atoms with Crippen LogP contribution in [0.1, 0.15) is 43.7 Å². The van der Waals surface area contributed by atoms with Crippen molar-refractivity contribution in [1.82, 2.24) is 9.97 Å². The Balaban J connectivity index is 2.02. The smallest absolute Gasteiger partial charge is 0.212 e. The van der Waals surface area contributed by atoms with Gasteiger partial charge in [-0.1, -0.05) is 19.4 Å². The molecule has 0 fully saturated rings. The topological polar surface area (TPSA) is 63.9 Å². The van der Waals surface area contributed by atoms with Gasteiger partial charge in [0.25, 0.3) is 0 Å². The molecule has 0 unspecified atom stereocenters. The Hall–Kier alpha value is -2.33. The van der Waals surface area contributed by atoms with Crippen molar-refractivity contribution >= 4 is 10.9 Å². The van der Waals surface area contributed by atoms with Gasteiger partial charge in [0.05, 0.1) is 12.8 Å². The van der Waals surface area contributed by atoms with E-state index in [4.69, 9.17) is 10.5 Å². The molecule has 3 aromatic rings. The van der Waals surface area contributed by atoms with Crippen LogP contribution in [0.25, 0.3) is 22.2 Å².